The van der Waals surface area contributed by atoms with Crippen molar-refractivity contribution in [3.8, 4) is 12.1 Å². The zero-order valence-electron chi connectivity index (χ0n) is 18.8. The molecule has 0 atom stereocenters. The van der Waals surface area contributed by atoms with E-state index < -0.39 is 5.91 Å². The lowest BCUT2D eigenvalue weighted by Crippen LogP contribution is -2.34. The molecule has 2 heterocycles. The maximum atomic E-state index is 12.8. The zero-order valence-corrected chi connectivity index (χ0v) is 19.6. The van der Waals surface area contributed by atoms with E-state index in [0.717, 1.165) is 37.3 Å². The largest absolute Gasteiger partial charge is 0.360 e. The van der Waals surface area contributed by atoms with Crippen LogP contribution in [0.1, 0.15) is 19.8 Å². The molecule has 11 heteroatoms. The predicted octanol–water partition coefficient (Wildman–Crippen LogP) is 0.128. The fourth-order valence-electron chi connectivity index (χ4n) is 3.58. The van der Waals surface area contributed by atoms with E-state index >= 15 is 0 Å². The van der Waals surface area contributed by atoms with Crippen LogP contribution in [0.25, 0.3) is 11.8 Å². The van der Waals surface area contributed by atoms with Gasteiger partial charge in [-0.25, -0.2) is 0 Å². The van der Waals surface area contributed by atoms with Crippen LogP contribution in [0.3, 0.4) is 0 Å². The van der Waals surface area contributed by atoms with Crippen molar-refractivity contribution in [1.82, 2.24) is 14.8 Å². The minimum atomic E-state index is -0.704. The molecule has 34 heavy (non-hydrogen) atoms. The monoisotopic (exact) mass is 479 g/mol. The third kappa shape index (κ3) is 6.10. The number of hydrogen-bond acceptors (Lipinski definition) is 8. The molecule has 10 nitrogen and oxygen atoms in total. The van der Waals surface area contributed by atoms with Crippen molar-refractivity contribution in [3.63, 3.8) is 0 Å². The predicted molar refractivity (Wildman–Crippen MR) is 130 cm³/mol. The van der Waals surface area contributed by atoms with Crippen LogP contribution in [-0.4, -0.2) is 47.5 Å². The fraction of sp³-hybridized carbons (Fsp3) is 0.348. The Balaban J connectivity index is 1.82. The number of anilines is 2. The third-order valence-electron chi connectivity index (χ3n) is 5.19. The fourth-order valence-corrected chi connectivity index (χ4v) is 4.66. The highest BCUT2D eigenvalue weighted by molar-refractivity contribution is 7.07. The van der Waals surface area contributed by atoms with Crippen molar-refractivity contribution < 1.29 is 9.59 Å². The van der Waals surface area contributed by atoms with Gasteiger partial charge in [0.1, 0.15) is 21.8 Å². The molecule has 1 aromatic heterocycles. The van der Waals surface area contributed by atoms with E-state index in [0.29, 0.717) is 22.5 Å². The Hall–Kier alpha value is -3.93. The Kier molecular flexibility index (Phi) is 8.57. The quantitative estimate of drug-likeness (QED) is 0.457. The lowest BCUT2D eigenvalue weighted by atomic mass is 10.2. The molecule has 1 aromatic carbocycles. The summed E-state index contributed by atoms with van der Waals surface area (Å²) in [5, 5.41) is 26.4. The number of likely N-dealkylation sites (tertiary alicyclic amines) is 1. The van der Waals surface area contributed by atoms with Gasteiger partial charge in [-0.05, 0) is 51.1 Å². The molecule has 2 amide bonds. The molecular formula is C23H25N7O3S. The van der Waals surface area contributed by atoms with Gasteiger partial charge < -0.3 is 16.0 Å². The second-order valence-corrected chi connectivity index (χ2v) is 8.58. The molecule has 0 aliphatic carbocycles. The molecule has 0 radical (unpaired) electrons. The van der Waals surface area contributed by atoms with Gasteiger partial charge in [0.05, 0.1) is 12.6 Å². The average Bonchev–Trinajstić information content (AvgIpc) is 3.44. The third-order valence-corrected chi connectivity index (χ3v) is 6.32. The lowest BCUT2D eigenvalue weighted by Gasteiger charge is -2.14. The summed E-state index contributed by atoms with van der Waals surface area (Å²) >= 11 is 1.01. The molecule has 1 aliphatic rings. The molecule has 0 saturated carbocycles. The molecule has 176 valence electrons. The molecule has 1 fully saturated rings. The van der Waals surface area contributed by atoms with Crippen LogP contribution in [0, 0.1) is 22.7 Å². The molecular weight excluding hydrogens is 454 g/mol. The van der Waals surface area contributed by atoms with E-state index in [1.54, 1.807) is 37.3 Å². The number of nitriles is 2. The van der Waals surface area contributed by atoms with Gasteiger partial charge in [0.25, 0.3) is 11.5 Å². The smallest absolute Gasteiger partial charge is 0.270 e. The molecule has 0 spiro atoms. The highest BCUT2D eigenvalue weighted by Gasteiger charge is 2.16. The van der Waals surface area contributed by atoms with Crippen molar-refractivity contribution >= 4 is 46.3 Å². The molecule has 1 aliphatic heterocycles. The van der Waals surface area contributed by atoms with Gasteiger partial charge in [0.2, 0.25) is 5.91 Å². The van der Waals surface area contributed by atoms with Crippen LogP contribution in [0.5, 0.6) is 0 Å². The first-order chi connectivity index (χ1) is 16.5. The zero-order chi connectivity index (χ0) is 24.5. The highest BCUT2D eigenvalue weighted by atomic mass is 32.1. The maximum absolute atomic E-state index is 12.8. The summed E-state index contributed by atoms with van der Waals surface area (Å²) in [6.07, 6.45) is 3.74. The molecule has 3 rings (SSSR count). The molecule has 2 aromatic rings. The number of nitrogens with zero attached hydrogens (tertiary/aromatic N) is 4. The number of hydrogen-bond donors (Lipinski definition) is 3. The van der Waals surface area contributed by atoms with Gasteiger partial charge in [0.15, 0.2) is 5.57 Å². The van der Waals surface area contributed by atoms with Gasteiger partial charge in [-0.3, -0.25) is 23.9 Å². The van der Waals surface area contributed by atoms with Crippen LogP contribution < -0.4 is 30.7 Å². The van der Waals surface area contributed by atoms with E-state index in [4.69, 9.17) is 5.26 Å². The first-order valence-electron chi connectivity index (χ1n) is 10.8. The number of aromatic nitrogens is 1. The van der Waals surface area contributed by atoms with E-state index in [9.17, 15) is 19.6 Å². The summed E-state index contributed by atoms with van der Waals surface area (Å²) in [5.74, 6) is -0.782. The highest BCUT2D eigenvalue weighted by Crippen LogP contribution is 2.15. The molecule has 0 bridgehead atoms. The Morgan fingerprint density at radius 2 is 1.94 bits per heavy atom. The number of carbonyl (C=O) groups excluding carboxylic acids is 2. The van der Waals surface area contributed by atoms with Gasteiger partial charge in [-0.2, -0.15) is 10.5 Å². The van der Waals surface area contributed by atoms with Crippen LogP contribution >= 0.6 is 11.3 Å². The summed E-state index contributed by atoms with van der Waals surface area (Å²) in [6.45, 7) is 4.01. The van der Waals surface area contributed by atoms with E-state index in [1.807, 2.05) is 6.07 Å². The second kappa shape index (κ2) is 11.8. The Labute approximate surface area is 200 Å². The topological polar surface area (TPSA) is 143 Å². The normalized spacial score (nSPS) is 14.7. The summed E-state index contributed by atoms with van der Waals surface area (Å²) in [6, 6.07) is 10.7. The van der Waals surface area contributed by atoms with Gasteiger partial charge in [0, 0.05) is 24.1 Å². The number of rotatable bonds is 8. The van der Waals surface area contributed by atoms with Gasteiger partial charge in [-0.1, -0.05) is 6.07 Å². The number of amides is 2. The van der Waals surface area contributed by atoms with Crippen LogP contribution in [0.4, 0.5) is 11.4 Å². The van der Waals surface area contributed by atoms with Crippen molar-refractivity contribution in [3.05, 3.63) is 43.8 Å². The Morgan fingerprint density at radius 3 is 2.62 bits per heavy atom. The Morgan fingerprint density at radius 1 is 1.21 bits per heavy atom. The average molecular weight is 480 g/mol. The molecule has 3 N–H and O–H groups in total. The van der Waals surface area contributed by atoms with E-state index in [-0.39, 0.29) is 34.8 Å². The molecule has 1 saturated heterocycles. The summed E-state index contributed by atoms with van der Waals surface area (Å²) < 4.78 is 1.88. The van der Waals surface area contributed by atoms with Crippen LogP contribution in [0.15, 0.2) is 29.1 Å². The van der Waals surface area contributed by atoms with Crippen molar-refractivity contribution in [1.29, 1.82) is 10.5 Å². The first kappa shape index (κ1) is 24.7. The summed E-state index contributed by atoms with van der Waals surface area (Å²) in [7, 11) is 0. The maximum Gasteiger partial charge on any atom is 0.270 e. The van der Waals surface area contributed by atoms with Crippen molar-refractivity contribution in [2.75, 3.05) is 36.8 Å². The number of carbonyl (C=O) groups is 2. The van der Waals surface area contributed by atoms with Crippen molar-refractivity contribution in [2.24, 2.45) is 0 Å². The van der Waals surface area contributed by atoms with Crippen molar-refractivity contribution in [2.45, 2.75) is 26.3 Å². The SMILES string of the molecule is CCn1c(=O)/c(=C\Nc2cccc(NC(=O)CN3CCCC3)c2)s/c1=C(/C#N)C(=O)NCC#N. The van der Waals surface area contributed by atoms with Gasteiger partial charge in [-0.15, -0.1) is 11.3 Å². The first-order valence-corrected chi connectivity index (χ1v) is 11.7. The van der Waals surface area contributed by atoms with Crippen LogP contribution in [0.2, 0.25) is 0 Å². The Bertz CT molecular complexity index is 1320. The number of benzene rings is 1. The molecule has 0 unspecified atom stereocenters. The second-order valence-electron chi connectivity index (χ2n) is 7.55. The lowest BCUT2D eigenvalue weighted by molar-refractivity contribution is -0.117. The summed E-state index contributed by atoms with van der Waals surface area (Å²) in [5.41, 5.74) is 0.731. The van der Waals surface area contributed by atoms with Gasteiger partial charge >= 0.3 is 0 Å². The number of thiazole rings is 1. The minimum Gasteiger partial charge on any atom is -0.360 e. The van der Waals surface area contributed by atoms with E-state index in [2.05, 4.69) is 20.9 Å². The number of nitrogens with one attached hydrogen (secondary N) is 3. The summed E-state index contributed by atoms with van der Waals surface area (Å²) in [4.78, 5) is 39.5. The standard InChI is InChI=1S/C23H25N7O3S/c1-2-30-22(33)19(34-23(30)18(13-25)21(32)26-9-8-24)14-27-16-6-5-7-17(12-16)28-20(31)15-29-10-3-4-11-29/h5-7,12,14,27H,2-4,9-11,15H2,1H3,(H,26,32)(H,28,31)/b19-14+,23-18-. The van der Waals surface area contributed by atoms with E-state index in [1.165, 1.54) is 10.8 Å². The minimum absolute atomic E-state index is 0.0778. The van der Waals surface area contributed by atoms with Crippen LogP contribution in [-0.2, 0) is 16.1 Å².